The number of hydrogen-bond acceptors (Lipinski definition) is 4. The highest BCUT2D eigenvalue weighted by Crippen LogP contribution is 2.19. The summed E-state index contributed by atoms with van der Waals surface area (Å²) < 4.78 is 8.81. The lowest BCUT2D eigenvalue weighted by atomic mass is 10.3. The van der Waals surface area contributed by atoms with Gasteiger partial charge in [-0.2, -0.15) is 5.10 Å². The molecule has 3 aromatic heterocycles. The van der Waals surface area contributed by atoms with Crippen molar-refractivity contribution in [1.29, 1.82) is 0 Å². The number of aromatic nitrogens is 4. The Bertz CT molecular complexity index is 790. The lowest BCUT2D eigenvalue weighted by molar-refractivity contribution is 0.0994. The third-order valence-corrected chi connectivity index (χ3v) is 3.22. The highest BCUT2D eigenvalue weighted by Gasteiger charge is 2.07. The van der Waals surface area contributed by atoms with Crippen molar-refractivity contribution in [3.8, 4) is 5.88 Å². The van der Waals surface area contributed by atoms with E-state index in [0.29, 0.717) is 19.0 Å². The summed E-state index contributed by atoms with van der Waals surface area (Å²) in [4.78, 5) is 15.2. The minimum absolute atomic E-state index is 0.152. The van der Waals surface area contributed by atoms with Crippen LogP contribution in [-0.2, 0) is 13.1 Å². The van der Waals surface area contributed by atoms with Gasteiger partial charge in [-0.15, -0.1) is 0 Å². The van der Waals surface area contributed by atoms with E-state index in [0.717, 1.165) is 10.9 Å². The van der Waals surface area contributed by atoms with E-state index in [1.165, 1.54) is 0 Å². The van der Waals surface area contributed by atoms with Gasteiger partial charge in [0.15, 0.2) is 5.69 Å². The van der Waals surface area contributed by atoms with Crippen molar-refractivity contribution in [2.24, 2.45) is 5.73 Å². The minimum atomic E-state index is -0.573. The second kappa shape index (κ2) is 5.28. The minimum Gasteiger partial charge on any atom is -0.481 e. The third kappa shape index (κ3) is 2.58. The Labute approximate surface area is 120 Å². The number of methoxy groups -OCH3 is 1. The molecule has 21 heavy (non-hydrogen) atoms. The van der Waals surface area contributed by atoms with Crippen LogP contribution >= 0.6 is 0 Å². The third-order valence-electron chi connectivity index (χ3n) is 3.22. The Morgan fingerprint density at radius 3 is 3.05 bits per heavy atom. The highest BCUT2D eigenvalue weighted by molar-refractivity contribution is 5.90. The number of carbonyl (C=O) groups excluding carboxylic acids is 1. The number of rotatable bonds is 5. The molecule has 0 aromatic carbocycles. The predicted molar refractivity (Wildman–Crippen MR) is 75.9 cm³/mol. The number of hydrogen-bond donors (Lipinski definition) is 1. The molecule has 107 valence electrons. The Balaban J connectivity index is 1.77. The molecular formula is C14H14N5O2. The van der Waals surface area contributed by atoms with Crippen LogP contribution in [0.2, 0.25) is 0 Å². The van der Waals surface area contributed by atoms with Crippen molar-refractivity contribution in [3.05, 3.63) is 42.5 Å². The molecule has 0 spiro atoms. The number of carbonyl (C=O) groups is 1. The van der Waals surface area contributed by atoms with E-state index in [1.54, 1.807) is 24.2 Å². The van der Waals surface area contributed by atoms with Gasteiger partial charge in [0.2, 0.25) is 5.88 Å². The maximum atomic E-state index is 11.0. The number of nitrogens with two attached hydrogens (primary N) is 1. The molecule has 0 fully saturated rings. The fourth-order valence-electron chi connectivity index (χ4n) is 2.14. The molecule has 0 saturated heterocycles. The van der Waals surface area contributed by atoms with Crippen LogP contribution in [0, 0.1) is 6.07 Å². The van der Waals surface area contributed by atoms with Crippen molar-refractivity contribution in [1.82, 2.24) is 19.3 Å². The summed E-state index contributed by atoms with van der Waals surface area (Å²) in [7, 11) is 1.59. The fraction of sp³-hybridized carbons (Fsp3) is 0.214. The van der Waals surface area contributed by atoms with Crippen molar-refractivity contribution in [3.63, 3.8) is 0 Å². The van der Waals surface area contributed by atoms with Gasteiger partial charge in [-0.3, -0.25) is 9.48 Å². The number of pyridine rings is 1. The maximum absolute atomic E-state index is 11.0. The van der Waals surface area contributed by atoms with Gasteiger partial charge >= 0.3 is 0 Å². The van der Waals surface area contributed by atoms with Crippen LogP contribution in [0.5, 0.6) is 5.88 Å². The van der Waals surface area contributed by atoms with Crippen molar-refractivity contribution < 1.29 is 9.53 Å². The predicted octanol–water partition coefficient (Wildman–Crippen LogP) is 0.841. The quantitative estimate of drug-likeness (QED) is 0.752. The summed E-state index contributed by atoms with van der Waals surface area (Å²) in [5.41, 5.74) is 6.32. The van der Waals surface area contributed by atoms with Gasteiger partial charge in [-0.05, 0) is 6.07 Å². The van der Waals surface area contributed by atoms with Gasteiger partial charge in [0.05, 0.1) is 25.4 Å². The first-order chi connectivity index (χ1) is 10.2. The van der Waals surface area contributed by atoms with Gasteiger partial charge in [0, 0.05) is 36.5 Å². The zero-order chi connectivity index (χ0) is 14.8. The molecule has 0 bridgehead atoms. The molecule has 7 nitrogen and oxygen atoms in total. The molecule has 0 saturated carbocycles. The molecule has 0 aliphatic carbocycles. The average Bonchev–Trinajstić information content (AvgIpc) is 3.11. The number of aryl methyl sites for hydroxylation is 2. The monoisotopic (exact) mass is 284 g/mol. The summed E-state index contributed by atoms with van der Waals surface area (Å²) in [5, 5.41) is 5.12. The number of fused-ring (bicyclic) bond motifs is 1. The standard InChI is InChI=1S/C14H14N5O2/c1-21-13-8-10-2-4-18(12(10)9-16-13)6-7-19-5-3-11(17-19)14(15)20/h2,4-5,8-9H,6-7H2,1H3,(H2,15,20). The van der Waals surface area contributed by atoms with Crippen molar-refractivity contribution in [2.45, 2.75) is 13.1 Å². The van der Waals surface area contributed by atoms with Gasteiger partial charge in [0.1, 0.15) is 0 Å². The van der Waals surface area contributed by atoms with E-state index in [2.05, 4.69) is 20.7 Å². The van der Waals surface area contributed by atoms with E-state index >= 15 is 0 Å². The van der Waals surface area contributed by atoms with E-state index in [9.17, 15) is 4.79 Å². The zero-order valence-corrected chi connectivity index (χ0v) is 11.5. The van der Waals surface area contributed by atoms with Gasteiger partial charge in [-0.1, -0.05) is 0 Å². The number of ether oxygens (including phenoxy) is 1. The SMILES string of the molecule is COc1cc2ccn(CCn3c[c]c(C(N)=O)n3)c2cn1. The van der Waals surface area contributed by atoms with Crippen LogP contribution in [0.4, 0.5) is 0 Å². The average molecular weight is 284 g/mol. The maximum Gasteiger partial charge on any atom is 0.269 e. The lowest BCUT2D eigenvalue weighted by Crippen LogP contribution is -2.13. The first kappa shape index (κ1) is 13.2. The first-order valence-electron chi connectivity index (χ1n) is 6.41. The lowest BCUT2D eigenvalue weighted by Gasteiger charge is -2.06. The fourth-order valence-corrected chi connectivity index (χ4v) is 2.14. The molecule has 3 aromatic rings. The Morgan fingerprint density at radius 1 is 1.48 bits per heavy atom. The number of primary amides is 1. The molecule has 7 heteroatoms. The van der Waals surface area contributed by atoms with Crippen molar-refractivity contribution >= 4 is 16.8 Å². The molecule has 3 heterocycles. The van der Waals surface area contributed by atoms with Crippen LogP contribution in [-0.4, -0.2) is 32.3 Å². The van der Waals surface area contributed by atoms with E-state index < -0.39 is 5.91 Å². The summed E-state index contributed by atoms with van der Waals surface area (Å²) in [5.74, 6) is 0.0180. The summed E-state index contributed by atoms with van der Waals surface area (Å²) >= 11 is 0. The Kier molecular flexibility index (Phi) is 3.31. The Hall–Kier alpha value is -2.83. The molecule has 3 rings (SSSR count). The Morgan fingerprint density at radius 2 is 2.33 bits per heavy atom. The second-order valence-electron chi connectivity index (χ2n) is 4.54. The molecule has 0 atom stereocenters. The summed E-state index contributed by atoms with van der Waals surface area (Å²) in [6.07, 6.45) is 5.37. The van der Waals surface area contributed by atoms with Crippen LogP contribution in [0.25, 0.3) is 10.9 Å². The van der Waals surface area contributed by atoms with Crippen molar-refractivity contribution in [2.75, 3.05) is 7.11 Å². The summed E-state index contributed by atoms with van der Waals surface area (Å²) in [6, 6.07) is 6.62. The van der Waals surface area contributed by atoms with E-state index in [1.807, 2.05) is 18.3 Å². The normalized spacial score (nSPS) is 10.9. The highest BCUT2D eigenvalue weighted by atomic mass is 16.5. The molecule has 0 aliphatic heterocycles. The van der Waals surface area contributed by atoms with Gasteiger partial charge in [-0.25, -0.2) is 4.98 Å². The van der Waals surface area contributed by atoms with Crippen LogP contribution in [0.15, 0.2) is 30.7 Å². The smallest absolute Gasteiger partial charge is 0.269 e. The molecular weight excluding hydrogens is 270 g/mol. The van der Waals surface area contributed by atoms with E-state index in [-0.39, 0.29) is 5.69 Å². The largest absolute Gasteiger partial charge is 0.481 e. The van der Waals surface area contributed by atoms with Crippen LogP contribution in [0.1, 0.15) is 10.5 Å². The van der Waals surface area contributed by atoms with Crippen LogP contribution < -0.4 is 10.5 Å². The zero-order valence-electron chi connectivity index (χ0n) is 11.5. The van der Waals surface area contributed by atoms with Gasteiger partial charge in [0.25, 0.3) is 5.91 Å². The summed E-state index contributed by atoms with van der Waals surface area (Å²) in [6.45, 7) is 1.31. The van der Waals surface area contributed by atoms with Crippen LogP contribution in [0.3, 0.4) is 0 Å². The molecule has 1 amide bonds. The second-order valence-corrected chi connectivity index (χ2v) is 4.54. The number of nitrogens with zero attached hydrogens (tertiary/aromatic N) is 4. The van der Waals surface area contributed by atoms with E-state index in [4.69, 9.17) is 10.5 Å². The topological polar surface area (TPSA) is 88.0 Å². The molecule has 0 unspecified atom stereocenters. The molecule has 0 aliphatic rings. The molecule has 2 N–H and O–H groups in total. The first-order valence-corrected chi connectivity index (χ1v) is 6.41. The molecule has 1 radical (unpaired) electrons. The number of amides is 1. The van der Waals surface area contributed by atoms with Gasteiger partial charge < -0.3 is 15.0 Å².